The number of para-hydroxylation sites is 1. The Balaban J connectivity index is 1.51. The van der Waals surface area contributed by atoms with Crippen molar-refractivity contribution in [2.75, 3.05) is 5.32 Å². The topological polar surface area (TPSA) is 87.0 Å². The Bertz CT molecular complexity index is 1200. The van der Waals surface area contributed by atoms with E-state index in [-0.39, 0.29) is 11.6 Å². The van der Waals surface area contributed by atoms with Crippen molar-refractivity contribution >= 4 is 34.2 Å². The smallest absolute Gasteiger partial charge is 0.323 e. The average molecular weight is 394 g/mol. The number of carbonyl (C=O) groups is 1. The van der Waals surface area contributed by atoms with Gasteiger partial charge in [-0.15, -0.1) is 0 Å². The number of H-pyrrole nitrogens is 2. The molecule has 1 aromatic heterocycles. The molecule has 0 unspecified atom stereocenters. The lowest BCUT2D eigenvalue weighted by Gasteiger charge is -2.12. The molecule has 0 radical (unpaired) electrons. The quantitative estimate of drug-likeness (QED) is 0.471. The minimum absolute atomic E-state index is 0.292. The molecule has 1 amide bonds. The maximum Gasteiger partial charge on any atom is 0.323 e. The van der Waals surface area contributed by atoms with Crippen LogP contribution in [0.1, 0.15) is 15.9 Å². The SMILES string of the molecule is O=C(Nc1ccc2[nH]c(=O)[nH]c2c1)c1ccccc1OCc1ccc(Cl)cc1. The Morgan fingerprint density at radius 2 is 1.71 bits per heavy atom. The number of benzene rings is 3. The molecule has 0 aliphatic rings. The summed E-state index contributed by atoms with van der Waals surface area (Å²) in [7, 11) is 0. The molecule has 140 valence electrons. The van der Waals surface area contributed by atoms with Crippen LogP contribution in [0.3, 0.4) is 0 Å². The van der Waals surface area contributed by atoms with Gasteiger partial charge >= 0.3 is 5.69 Å². The number of aromatic amines is 2. The molecule has 0 aliphatic carbocycles. The van der Waals surface area contributed by atoms with Crippen LogP contribution in [0, 0.1) is 0 Å². The van der Waals surface area contributed by atoms with E-state index in [0.717, 1.165) is 5.56 Å². The second-order valence-corrected chi connectivity index (χ2v) is 6.64. The van der Waals surface area contributed by atoms with E-state index in [2.05, 4.69) is 15.3 Å². The van der Waals surface area contributed by atoms with E-state index in [1.165, 1.54) is 0 Å². The number of aromatic nitrogens is 2. The van der Waals surface area contributed by atoms with Crippen LogP contribution in [-0.4, -0.2) is 15.9 Å². The number of hydrogen-bond acceptors (Lipinski definition) is 3. The van der Waals surface area contributed by atoms with Crippen molar-refractivity contribution in [3.63, 3.8) is 0 Å². The van der Waals surface area contributed by atoms with E-state index in [1.807, 2.05) is 18.2 Å². The summed E-state index contributed by atoms with van der Waals surface area (Å²) < 4.78 is 5.84. The predicted octanol–water partition coefficient (Wildman–Crippen LogP) is 4.34. The Morgan fingerprint density at radius 1 is 0.964 bits per heavy atom. The first-order valence-electron chi connectivity index (χ1n) is 8.58. The van der Waals surface area contributed by atoms with Crippen molar-refractivity contribution in [3.05, 3.63) is 93.4 Å². The monoisotopic (exact) mass is 393 g/mol. The molecule has 28 heavy (non-hydrogen) atoms. The van der Waals surface area contributed by atoms with E-state index in [9.17, 15) is 9.59 Å². The van der Waals surface area contributed by atoms with Crippen LogP contribution in [0.5, 0.6) is 5.75 Å². The summed E-state index contributed by atoms with van der Waals surface area (Å²) in [6, 6.07) is 19.5. The Hall–Kier alpha value is -3.51. The van der Waals surface area contributed by atoms with Crippen molar-refractivity contribution in [2.45, 2.75) is 6.61 Å². The van der Waals surface area contributed by atoms with Gasteiger partial charge in [-0.3, -0.25) is 4.79 Å². The van der Waals surface area contributed by atoms with E-state index >= 15 is 0 Å². The summed E-state index contributed by atoms with van der Waals surface area (Å²) in [5, 5.41) is 3.49. The van der Waals surface area contributed by atoms with Crippen LogP contribution in [0.4, 0.5) is 5.69 Å². The van der Waals surface area contributed by atoms with Crippen molar-refractivity contribution in [3.8, 4) is 5.75 Å². The number of nitrogens with one attached hydrogen (secondary N) is 3. The summed E-state index contributed by atoms with van der Waals surface area (Å²) in [5.74, 6) is 0.176. The molecular weight excluding hydrogens is 378 g/mol. The first-order valence-corrected chi connectivity index (χ1v) is 8.96. The molecule has 0 spiro atoms. The second kappa shape index (κ2) is 7.62. The number of fused-ring (bicyclic) bond motifs is 1. The molecular formula is C21H16ClN3O3. The molecule has 0 bridgehead atoms. The van der Waals surface area contributed by atoms with Gasteiger partial charge in [0.1, 0.15) is 12.4 Å². The first-order chi connectivity index (χ1) is 13.6. The number of anilines is 1. The van der Waals surface area contributed by atoms with Crippen LogP contribution in [0.15, 0.2) is 71.5 Å². The zero-order valence-corrected chi connectivity index (χ0v) is 15.4. The molecule has 3 aromatic carbocycles. The largest absolute Gasteiger partial charge is 0.488 e. The molecule has 3 N–H and O–H groups in total. The first kappa shape index (κ1) is 17.9. The zero-order valence-electron chi connectivity index (χ0n) is 14.7. The van der Waals surface area contributed by atoms with Gasteiger partial charge in [0, 0.05) is 10.7 Å². The number of hydrogen-bond donors (Lipinski definition) is 3. The van der Waals surface area contributed by atoms with Gasteiger partial charge in [0.15, 0.2) is 0 Å². The highest BCUT2D eigenvalue weighted by Gasteiger charge is 2.13. The number of amides is 1. The number of carbonyl (C=O) groups excluding carboxylic acids is 1. The molecule has 0 atom stereocenters. The van der Waals surface area contributed by atoms with Gasteiger partial charge in [-0.05, 0) is 48.0 Å². The number of halogens is 1. The molecule has 0 saturated heterocycles. The van der Waals surface area contributed by atoms with Crippen LogP contribution in [0.25, 0.3) is 11.0 Å². The molecule has 6 nitrogen and oxygen atoms in total. The van der Waals surface area contributed by atoms with Gasteiger partial charge in [0.25, 0.3) is 5.91 Å². The van der Waals surface area contributed by atoms with Crippen LogP contribution in [0.2, 0.25) is 5.02 Å². The standard InChI is InChI=1S/C21H16ClN3O3/c22-14-7-5-13(6-8-14)12-28-19-4-2-1-3-16(19)20(26)23-15-9-10-17-18(11-15)25-21(27)24-17/h1-11H,12H2,(H,23,26)(H2,24,25,27). The van der Waals surface area contributed by atoms with Crippen molar-refractivity contribution < 1.29 is 9.53 Å². The van der Waals surface area contributed by atoms with Gasteiger partial charge in [-0.2, -0.15) is 0 Å². The number of rotatable bonds is 5. The van der Waals surface area contributed by atoms with Gasteiger partial charge < -0.3 is 20.0 Å². The Labute approximate surface area is 165 Å². The average Bonchev–Trinajstić information content (AvgIpc) is 3.07. The molecule has 0 aliphatic heterocycles. The minimum Gasteiger partial charge on any atom is -0.488 e. The summed E-state index contributed by atoms with van der Waals surface area (Å²) in [6.45, 7) is 0.317. The lowest BCUT2D eigenvalue weighted by Crippen LogP contribution is -2.13. The maximum absolute atomic E-state index is 12.7. The normalized spacial score (nSPS) is 10.8. The number of ether oxygens (including phenoxy) is 1. The molecule has 0 fully saturated rings. The summed E-state index contributed by atoms with van der Waals surface area (Å²) in [5.41, 5.74) is 2.94. The van der Waals surface area contributed by atoms with E-state index in [4.69, 9.17) is 16.3 Å². The van der Waals surface area contributed by atoms with Crippen molar-refractivity contribution in [1.82, 2.24) is 9.97 Å². The fourth-order valence-corrected chi connectivity index (χ4v) is 2.96. The molecule has 7 heteroatoms. The molecule has 4 rings (SSSR count). The lowest BCUT2D eigenvalue weighted by molar-refractivity contribution is 0.102. The minimum atomic E-state index is -0.302. The van der Waals surface area contributed by atoms with Crippen LogP contribution >= 0.6 is 11.6 Å². The summed E-state index contributed by atoms with van der Waals surface area (Å²) >= 11 is 5.90. The molecule has 4 aromatic rings. The van der Waals surface area contributed by atoms with Gasteiger partial charge in [0.2, 0.25) is 0 Å². The maximum atomic E-state index is 12.7. The highest BCUT2D eigenvalue weighted by molar-refractivity contribution is 6.30. The predicted molar refractivity (Wildman–Crippen MR) is 109 cm³/mol. The van der Waals surface area contributed by atoms with Crippen molar-refractivity contribution in [1.29, 1.82) is 0 Å². The highest BCUT2D eigenvalue weighted by Crippen LogP contribution is 2.22. The lowest BCUT2D eigenvalue weighted by atomic mass is 10.1. The molecule has 1 heterocycles. The van der Waals surface area contributed by atoms with Crippen molar-refractivity contribution in [2.24, 2.45) is 0 Å². The summed E-state index contributed by atoms with van der Waals surface area (Å²) in [4.78, 5) is 29.5. The van der Waals surface area contributed by atoms with Crippen LogP contribution < -0.4 is 15.7 Å². The number of imidazole rings is 1. The fourth-order valence-electron chi connectivity index (χ4n) is 2.83. The van der Waals surface area contributed by atoms with Crippen LogP contribution in [-0.2, 0) is 6.61 Å². The van der Waals surface area contributed by atoms with E-state index in [0.29, 0.717) is 39.7 Å². The third-order valence-corrected chi connectivity index (χ3v) is 4.47. The summed E-state index contributed by atoms with van der Waals surface area (Å²) in [6.07, 6.45) is 0. The fraction of sp³-hybridized carbons (Fsp3) is 0.0476. The van der Waals surface area contributed by atoms with E-state index < -0.39 is 0 Å². The second-order valence-electron chi connectivity index (χ2n) is 6.20. The molecule has 0 saturated carbocycles. The third kappa shape index (κ3) is 3.92. The van der Waals surface area contributed by atoms with Gasteiger partial charge in [-0.1, -0.05) is 35.9 Å². The Kier molecular flexibility index (Phi) is 4.87. The van der Waals surface area contributed by atoms with Gasteiger partial charge in [-0.25, -0.2) is 4.79 Å². The highest BCUT2D eigenvalue weighted by atomic mass is 35.5. The Morgan fingerprint density at radius 3 is 2.54 bits per heavy atom. The zero-order chi connectivity index (χ0) is 19.5. The third-order valence-electron chi connectivity index (χ3n) is 4.21. The van der Waals surface area contributed by atoms with E-state index in [1.54, 1.807) is 48.5 Å². The van der Waals surface area contributed by atoms with Gasteiger partial charge in [0.05, 0.1) is 16.6 Å².